The molecular weight excluding hydrogens is 362 g/mol. The number of benzene rings is 1. The van der Waals surface area contributed by atoms with Gasteiger partial charge in [0.15, 0.2) is 0 Å². The van der Waals surface area contributed by atoms with Gasteiger partial charge in [0.1, 0.15) is 0 Å². The van der Waals surface area contributed by atoms with Crippen LogP contribution >= 0.6 is 0 Å². The number of imide groups is 1. The summed E-state index contributed by atoms with van der Waals surface area (Å²) >= 11 is 0. The minimum absolute atomic E-state index is 0.208. The van der Waals surface area contributed by atoms with Crippen LogP contribution < -0.4 is 10.2 Å². The van der Waals surface area contributed by atoms with Gasteiger partial charge >= 0.3 is 12.1 Å². The minimum atomic E-state index is -0.959. The van der Waals surface area contributed by atoms with Crippen LogP contribution in [0.25, 0.3) is 10.8 Å². The fourth-order valence-electron chi connectivity index (χ4n) is 3.90. The maximum atomic E-state index is 12.6. The number of pyridine rings is 1. The number of carboxylic acid groups (broad SMARTS) is 1. The maximum absolute atomic E-state index is 12.6. The molecule has 4 amide bonds. The fourth-order valence-corrected chi connectivity index (χ4v) is 3.90. The Morgan fingerprint density at radius 1 is 1.21 bits per heavy atom. The number of hydrogen-bond acceptors (Lipinski definition) is 5. The van der Waals surface area contributed by atoms with Crippen LogP contribution in [0.5, 0.6) is 0 Å². The van der Waals surface area contributed by atoms with Crippen molar-refractivity contribution in [2.24, 2.45) is 0 Å². The van der Waals surface area contributed by atoms with E-state index in [1.807, 2.05) is 18.2 Å². The van der Waals surface area contributed by atoms with Gasteiger partial charge in [-0.2, -0.15) is 0 Å². The van der Waals surface area contributed by atoms with Crippen LogP contribution in [0, 0.1) is 0 Å². The molecule has 2 aromatic rings. The number of amides is 4. The molecule has 1 aromatic carbocycles. The second kappa shape index (κ2) is 7.08. The highest BCUT2D eigenvalue weighted by Gasteiger charge is 2.32. The average Bonchev–Trinajstić information content (AvgIpc) is 2.71. The first kappa shape index (κ1) is 18.2. The summed E-state index contributed by atoms with van der Waals surface area (Å²) in [6, 6.07) is 4.92. The first-order valence-corrected chi connectivity index (χ1v) is 9.14. The van der Waals surface area contributed by atoms with Crippen LogP contribution in [0.3, 0.4) is 0 Å². The molecule has 146 valence electrons. The van der Waals surface area contributed by atoms with Crippen LogP contribution in [-0.2, 0) is 4.79 Å². The van der Waals surface area contributed by atoms with Gasteiger partial charge in [0.25, 0.3) is 0 Å². The molecule has 9 nitrogen and oxygen atoms in total. The first-order chi connectivity index (χ1) is 13.5. The lowest BCUT2D eigenvalue weighted by Crippen LogP contribution is -2.50. The largest absolute Gasteiger partial charge is 0.465 e. The van der Waals surface area contributed by atoms with Crippen molar-refractivity contribution in [3.8, 4) is 0 Å². The van der Waals surface area contributed by atoms with Crippen molar-refractivity contribution in [3.05, 3.63) is 36.2 Å². The Bertz CT molecular complexity index is 962. The SMILES string of the molecule is CN1C(=O)CCN(c2cncc3c(C4CNCCN4C(=O)O)cccc23)C1=O. The van der Waals surface area contributed by atoms with E-state index in [0.717, 1.165) is 21.2 Å². The molecule has 9 heteroatoms. The summed E-state index contributed by atoms with van der Waals surface area (Å²) in [5.74, 6) is -0.208. The van der Waals surface area contributed by atoms with Gasteiger partial charge in [-0.15, -0.1) is 0 Å². The quantitative estimate of drug-likeness (QED) is 0.817. The summed E-state index contributed by atoms with van der Waals surface area (Å²) in [7, 11) is 1.47. The van der Waals surface area contributed by atoms with Crippen LogP contribution in [0.2, 0.25) is 0 Å². The van der Waals surface area contributed by atoms with Gasteiger partial charge in [-0.25, -0.2) is 9.59 Å². The zero-order valence-electron chi connectivity index (χ0n) is 15.5. The number of piperazine rings is 1. The monoisotopic (exact) mass is 383 g/mol. The molecule has 0 spiro atoms. The minimum Gasteiger partial charge on any atom is -0.465 e. The second-order valence-corrected chi connectivity index (χ2v) is 6.93. The van der Waals surface area contributed by atoms with E-state index in [9.17, 15) is 19.5 Å². The molecule has 0 radical (unpaired) electrons. The van der Waals surface area contributed by atoms with E-state index in [2.05, 4.69) is 10.3 Å². The Balaban J connectivity index is 1.80. The smallest absolute Gasteiger partial charge is 0.407 e. The van der Waals surface area contributed by atoms with Gasteiger partial charge in [0.05, 0.1) is 17.9 Å². The lowest BCUT2D eigenvalue weighted by Gasteiger charge is -2.35. The fraction of sp³-hybridized carbons (Fsp3) is 0.368. The number of hydrogen-bond donors (Lipinski definition) is 2. The summed E-state index contributed by atoms with van der Waals surface area (Å²) < 4.78 is 0. The predicted molar refractivity (Wildman–Crippen MR) is 102 cm³/mol. The standard InChI is InChI=1S/C19H21N5O4/c1-22-17(25)5-7-23(18(22)26)15-11-21-9-14-12(15)3-2-4-13(14)16-10-20-6-8-24(16)19(27)28/h2-4,9,11,16,20H,5-8,10H2,1H3,(H,27,28). The predicted octanol–water partition coefficient (Wildman–Crippen LogP) is 1.65. The molecule has 1 aromatic heterocycles. The van der Waals surface area contributed by atoms with Crippen LogP contribution in [0.15, 0.2) is 30.6 Å². The van der Waals surface area contributed by atoms with E-state index in [0.29, 0.717) is 31.9 Å². The molecule has 0 saturated carbocycles. The van der Waals surface area contributed by atoms with Crippen molar-refractivity contribution in [1.82, 2.24) is 20.1 Å². The molecular formula is C19H21N5O4. The van der Waals surface area contributed by atoms with Crippen molar-refractivity contribution in [1.29, 1.82) is 0 Å². The summed E-state index contributed by atoms with van der Waals surface area (Å²) in [4.78, 5) is 44.5. The zero-order valence-corrected chi connectivity index (χ0v) is 15.5. The lowest BCUT2D eigenvalue weighted by atomic mass is 9.97. The summed E-state index contributed by atoms with van der Waals surface area (Å²) in [6.45, 7) is 1.82. The maximum Gasteiger partial charge on any atom is 0.407 e. The molecule has 0 aliphatic carbocycles. The molecule has 2 fully saturated rings. The third-order valence-electron chi connectivity index (χ3n) is 5.40. The van der Waals surface area contributed by atoms with Crippen molar-refractivity contribution in [3.63, 3.8) is 0 Å². The van der Waals surface area contributed by atoms with Crippen LogP contribution in [0.1, 0.15) is 18.0 Å². The third-order valence-corrected chi connectivity index (χ3v) is 5.40. The van der Waals surface area contributed by atoms with Gasteiger partial charge in [-0.3, -0.25) is 24.5 Å². The number of nitrogens with zero attached hydrogens (tertiary/aromatic N) is 4. The van der Waals surface area contributed by atoms with E-state index < -0.39 is 6.09 Å². The number of carbonyl (C=O) groups is 3. The van der Waals surface area contributed by atoms with Crippen molar-refractivity contribution < 1.29 is 19.5 Å². The average molecular weight is 383 g/mol. The van der Waals surface area contributed by atoms with E-state index in [1.165, 1.54) is 11.9 Å². The van der Waals surface area contributed by atoms with Crippen LogP contribution in [0.4, 0.5) is 15.3 Å². The number of fused-ring (bicyclic) bond motifs is 1. The molecule has 2 N–H and O–H groups in total. The topological polar surface area (TPSA) is 106 Å². The summed E-state index contributed by atoms with van der Waals surface area (Å²) in [5, 5.41) is 14.4. The number of anilines is 1. The Labute approximate surface area is 161 Å². The zero-order chi connectivity index (χ0) is 19.8. The van der Waals surface area contributed by atoms with Crippen molar-refractivity contribution >= 4 is 34.5 Å². The molecule has 1 atom stereocenters. The van der Waals surface area contributed by atoms with Gasteiger partial charge in [-0.05, 0) is 5.56 Å². The van der Waals surface area contributed by atoms with Crippen molar-refractivity contribution in [2.45, 2.75) is 12.5 Å². The Morgan fingerprint density at radius 2 is 2.04 bits per heavy atom. The van der Waals surface area contributed by atoms with Gasteiger partial charge in [-0.1, -0.05) is 18.2 Å². The van der Waals surface area contributed by atoms with Gasteiger partial charge in [0, 0.05) is 56.6 Å². The van der Waals surface area contributed by atoms with E-state index in [-0.39, 0.29) is 24.4 Å². The molecule has 28 heavy (non-hydrogen) atoms. The molecule has 2 aliphatic rings. The highest BCUT2D eigenvalue weighted by molar-refractivity contribution is 6.09. The highest BCUT2D eigenvalue weighted by atomic mass is 16.4. The normalized spacial score (nSPS) is 20.8. The molecule has 0 bridgehead atoms. The third kappa shape index (κ3) is 2.93. The van der Waals surface area contributed by atoms with Gasteiger partial charge in [0.2, 0.25) is 5.91 Å². The Kier molecular flexibility index (Phi) is 4.60. The number of aromatic nitrogens is 1. The molecule has 4 rings (SSSR count). The summed E-state index contributed by atoms with van der Waals surface area (Å²) in [5.41, 5.74) is 1.46. The number of urea groups is 1. The molecule has 3 heterocycles. The lowest BCUT2D eigenvalue weighted by molar-refractivity contribution is -0.127. The molecule has 2 saturated heterocycles. The Morgan fingerprint density at radius 3 is 2.82 bits per heavy atom. The molecule has 1 unspecified atom stereocenters. The summed E-state index contributed by atoms with van der Waals surface area (Å²) in [6.07, 6.45) is 2.60. The van der Waals surface area contributed by atoms with E-state index in [1.54, 1.807) is 17.3 Å². The number of carbonyl (C=O) groups excluding carboxylic acids is 2. The number of rotatable bonds is 2. The Hall–Kier alpha value is -3.20. The van der Waals surface area contributed by atoms with Crippen molar-refractivity contribution in [2.75, 3.05) is 38.1 Å². The van der Waals surface area contributed by atoms with Crippen LogP contribution in [-0.4, -0.2) is 71.1 Å². The van der Waals surface area contributed by atoms with E-state index >= 15 is 0 Å². The highest BCUT2D eigenvalue weighted by Crippen LogP contribution is 2.34. The second-order valence-electron chi connectivity index (χ2n) is 6.93. The molecule has 2 aliphatic heterocycles. The van der Waals surface area contributed by atoms with E-state index in [4.69, 9.17) is 0 Å². The first-order valence-electron chi connectivity index (χ1n) is 9.14. The number of nitrogens with one attached hydrogen (secondary N) is 1. The van der Waals surface area contributed by atoms with Gasteiger partial charge < -0.3 is 10.4 Å².